The van der Waals surface area contributed by atoms with Crippen molar-refractivity contribution in [3.05, 3.63) is 82.5 Å². The Balaban J connectivity index is 2.05. The predicted molar refractivity (Wildman–Crippen MR) is 89.2 cm³/mol. The lowest BCUT2D eigenvalue weighted by Crippen LogP contribution is -2.26. The number of carboxylic acid groups (broad SMARTS) is 1. The molecule has 0 aliphatic rings. The maximum atomic E-state index is 12.1. The van der Waals surface area contributed by atoms with Crippen molar-refractivity contribution in [2.24, 2.45) is 0 Å². The van der Waals surface area contributed by atoms with E-state index in [2.05, 4.69) is 5.32 Å². The number of carbonyl (C=O) groups is 2. The van der Waals surface area contributed by atoms with Crippen molar-refractivity contribution in [3.8, 4) is 0 Å². The van der Waals surface area contributed by atoms with Gasteiger partial charge in [-0.15, -0.1) is 0 Å². The van der Waals surface area contributed by atoms with Crippen LogP contribution in [0, 0.1) is 0 Å². The summed E-state index contributed by atoms with van der Waals surface area (Å²) in [6.45, 7) is 0. The zero-order valence-electron chi connectivity index (χ0n) is 12.3. The SMILES string of the molecule is O=C(O)/C=C(/Cc1ccc(Cl)cc1)NC(=O)Cc1ccccc1. The van der Waals surface area contributed by atoms with E-state index in [-0.39, 0.29) is 12.3 Å². The zero-order valence-corrected chi connectivity index (χ0v) is 13.1. The molecule has 0 aliphatic heterocycles. The van der Waals surface area contributed by atoms with Gasteiger partial charge in [0, 0.05) is 23.2 Å². The van der Waals surface area contributed by atoms with Gasteiger partial charge in [0.25, 0.3) is 0 Å². The van der Waals surface area contributed by atoms with Gasteiger partial charge in [0.2, 0.25) is 5.91 Å². The van der Waals surface area contributed by atoms with Crippen LogP contribution < -0.4 is 5.32 Å². The highest BCUT2D eigenvalue weighted by Crippen LogP contribution is 2.12. The third kappa shape index (κ3) is 5.96. The Labute approximate surface area is 139 Å². The number of halogens is 1. The molecule has 4 nitrogen and oxygen atoms in total. The van der Waals surface area contributed by atoms with Crippen LogP contribution in [0.3, 0.4) is 0 Å². The number of hydrogen-bond donors (Lipinski definition) is 2. The summed E-state index contributed by atoms with van der Waals surface area (Å²) in [7, 11) is 0. The summed E-state index contributed by atoms with van der Waals surface area (Å²) in [6, 6.07) is 16.3. The third-order valence-corrected chi connectivity index (χ3v) is 3.36. The van der Waals surface area contributed by atoms with E-state index < -0.39 is 5.97 Å². The number of rotatable bonds is 6. The van der Waals surface area contributed by atoms with Gasteiger partial charge >= 0.3 is 5.97 Å². The number of aliphatic carboxylic acids is 1. The first kappa shape index (κ1) is 16.8. The topological polar surface area (TPSA) is 66.4 Å². The van der Waals surface area contributed by atoms with E-state index in [1.807, 2.05) is 30.3 Å². The lowest BCUT2D eigenvalue weighted by atomic mass is 10.1. The van der Waals surface area contributed by atoms with Gasteiger partial charge < -0.3 is 10.4 Å². The normalized spacial score (nSPS) is 11.1. The van der Waals surface area contributed by atoms with Crippen molar-refractivity contribution in [3.63, 3.8) is 0 Å². The number of carbonyl (C=O) groups excluding carboxylic acids is 1. The Morgan fingerprint density at radius 3 is 2.17 bits per heavy atom. The number of amides is 1. The van der Waals surface area contributed by atoms with E-state index in [0.717, 1.165) is 17.2 Å². The Kier molecular flexibility index (Phi) is 5.94. The minimum atomic E-state index is -1.10. The summed E-state index contributed by atoms with van der Waals surface area (Å²) in [5.74, 6) is -1.35. The predicted octanol–water partition coefficient (Wildman–Crippen LogP) is 3.21. The van der Waals surface area contributed by atoms with Crippen LogP contribution in [-0.2, 0) is 22.4 Å². The van der Waals surface area contributed by atoms with Crippen molar-refractivity contribution in [2.45, 2.75) is 12.8 Å². The summed E-state index contributed by atoms with van der Waals surface area (Å²) in [6.07, 6.45) is 1.51. The third-order valence-electron chi connectivity index (χ3n) is 3.11. The quantitative estimate of drug-likeness (QED) is 0.800. The molecule has 2 aromatic rings. The van der Waals surface area contributed by atoms with Crippen LogP contribution in [0.25, 0.3) is 0 Å². The molecule has 0 heterocycles. The monoisotopic (exact) mass is 329 g/mol. The molecule has 0 bridgehead atoms. The number of hydrogen-bond acceptors (Lipinski definition) is 2. The number of allylic oxidation sites excluding steroid dienone is 1. The van der Waals surface area contributed by atoms with Gasteiger partial charge in [-0.1, -0.05) is 54.1 Å². The Bertz CT molecular complexity index is 709. The molecule has 23 heavy (non-hydrogen) atoms. The first-order chi connectivity index (χ1) is 11.0. The average molecular weight is 330 g/mol. The molecule has 1 amide bonds. The molecule has 0 saturated carbocycles. The Morgan fingerprint density at radius 2 is 1.57 bits per heavy atom. The Hall–Kier alpha value is -2.59. The minimum Gasteiger partial charge on any atom is -0.478 e. The van der Waals surface area contributed by atoms with E-state index in [1.165, 1.54) is 0 Å². The second-order valence-electron chi connectivity index (χ2n) is 5.02. The molecule has 0 atom stereocenters. The maximum absolute atomic E-state index is 12.1. The highest BCUT2D eigenvalue weighted by atomic mass is 35.5. The molecule has 118 valence electrons. The molecule has 0 saturated heterocycles. The van der Waals surface area contributed by atoms with Gasteiger partial charge in [0.1, 0.15) is 0 Å². The maximum Gasteiger partial charge on any atom is 0.330 e. The summed E-state index contributed by atoms with van der Waals surface area (Å²) >= 11 is 5.83. The van der Waals surface area contributed by atoms with Crippen molar-refractivity contribution in [1.82, 2.24) is 5.32 Å². The van der Waals surface area contributed by atoms with Crippen LogP contribution in [0.5, 0.6) is 0 Å². The summed E-state index contributed by atoms with van der Waals surface area (Å²) in [4.78, 5) is 23.0. The molecule has 5 heteroatoms. The van der Waals surface area contributed by atoms with Gasteiger partial charge in [-0.05, 0) is 23.3 Å². The van der Waals surface area contributed by atoms with Crippen molar-refractivity contribution in [2.75, 3.05) is 0 Å². The van der Waals surface area contributed by atoms with E-state index in [4.69, 9.17) is 16.7 Å². The highest BCUT2D eigenvalue weighted by Gasteiger charge is 2.09. The number of benzene rings is 2. The zero-order chi connectivity index (χ0) is 16.7. The second kappa shape index (κ2) is 8.15. The fraction of sp³-hybridized carbons (Fsp3) is 0.111. The molecule has 0 aromatic heterocycles. The fourth-order valence-electron chi connectivity index (χ4n) is 2.11. The van der Waals surface area contributed by atoms with Gasteiger partial charge in [-0.25, -0.2) is 4.79 Å². The molecule has 2 aromatic carbocycles. The smallest absolute Gasteiger partial charge is 0.330 e. The first-order valence-corrected chi connectivity index (χ1v) is 7.42. The fourth-order valence-corrected chi connectivity index (χ4v) is 2.23. The van der Waals surface area contributed by atoms with E-state index in [1.54, 1.807) is 24.3 Å². The van der Waals surface area contributed by atoms with Crippen LogP contribution >= 0.6 is 11.6 Å². The van der Waals surface area contributed by atoms with Crippen LogP contribution in [0.15, 0.2) is 66.4 Å². The molecule has 2 rings (SSSR count). The molecule has 0 spiro atoms. The van der Waals surface area contributed by atoms with Crippen LogP contribution in [0.4, 0.5) is 0 Å². The molecule has 0 unspecified atom stereocenters. The van der Waals surface area contributed by atoms with Gasteiger partial charge in [0.05, 0.1) is 6.42 Å². The van der Waals surface area contributed by atoms with E-state index >= 15 is 0 Å². The van der Waals surface area contributed by atoms with Gasteiger partial charge in [0.15, 0.2) is 0 Å². The van der Waals surface area contributed by atoms with Crippen LogP contribution in [0.2, 0.25) is 5.02 Å². The lowest BCUT2D eigenvalue weighted by molar-refractivity contribution is -0.131. The Morgan fingerprint density at radius 1 is 0.957 bits per heavy atom. The van der Waals surface area contributed by atoms with Crippen molar-refractivity contribution >= 4 is 23.5 Å². The second-order valence-corrected chi connectivity index (χ2v) is 5.46. The summed E-state index contributed by atoms with van der Waals surface area (Å²) < 4.78 is 0. The van der Waals surface area contributed by atoms with Crippen molar-refractivity contribution < 1.29 is 14.7 Å². The standard InChI is InChI=1S/C18H16ClNO3/c19-15-8-6-14(7-9-15)10-16(12-18(22)23)20-17(21)11-13-4-2-1-3-5-13/h1-9,12H,10-11H2,(H,20,21)(H,22,23)/b16-12-. The van der Waals surface area contributed by atoms with E-state index in [9.17, 15) is 9.59 Å². The summed E-state index contributed by atoms with van der Waals surface area (Å²) in [5, 5.41) is 12.2. The number of nitrogens with one attached hydrogen (secondary N) is 1. The van der Waals surface area contributed by atoms with Gasteiger partial charge in [-0.3, -0.25) is 4.79 Å². The first-order valence-electron chi connectivity index (χ1n) is 7.04. The highest BCUT2D eigenvalue weighted by molar-refractivity contribution is 6.30. The van der Waals surface area contributed by atoms with Crippen LogP contribution in [-0.4, -0.2) is 17.0 Å². The van der Waals surface area contributed by atoms with Gasteiger partial charge in [-0.2, -0.15) is 0 Å². The molecule has 2 N–H and O–H groups in total. The van der Waals surface area contributed by atoms with Crippen LogP contribution in [0.1, 0.15) is 11.1 Å². The molecular weight excluding hydrogens is 314 g/mol. The molecule has 0 aliphatic carbocycles. The van der Waals surface area contributed by atoms with E-state index in [0.29, 0.717) is 17.1 Å². The largest absolute Gasteiger partial charge is 0.478 e. The lowest BCUT2D eigenvalue weighted by Gasteiger charge is -2.10. The summed E-state index contributed by atoms with van der Waals surface area (Å²) in [5.41, 5.74) is 2.06. The average Bonchev–Trinajstić information content (AvgIpc) is 2.50. The minimum absolute atomic E-state index is 0.193. The number of carboxylic acids is 1. The molecule has 0 radical (unpaired) electrons. The van der Waals surface area contributed by atoms with Crippen molar-refractivity contribution in [1.29, 1.82) is 0 Å². The molecular formula is C18H16ClNO3. The molecule has 0 fully saturated rings.